The number of rotatable bonds is 4. The van der Waals surface area contributed by atoms with Gasteiger partial charge in [0.25, 0.3) is 0 Å². The van der Waals surface area contributed by atoms with Crippen LogP contribution in [0.25, 0.3) is 0 Å². The van der Waals surface area contributed by atoms with Gasteiger partial charge in [-0.15, -0.1) is 0 Å². The van der Waals surface area contributed by atoms with Crippen LogP contribution in [0.15, 0.2) is 18.2 Å². The summed E-state index contributed by atoms with van der Waals surface area (Å²) in [6, 6.07) is 5.33. The fourth-order valence-corrected chi connectivity index (χ4v) is 1.41. The van der Waals surface area contributed by atoms with Crippen molar-refractivity contribution in [1.82, 2.24) is 0 Å². The van der Waals surface area contributed by atoms with Gasteiger partial charge in [-0.25, -0.2) is 4.39 Å². The van der Waals surface area contributed by atoms with Crippen LogP contribution in [0.4, 0.5) is 4.39 Å². The normalized spacial score (nSPS) is 12.6. The molecule has 0 spiro atoms. The maximum atomic E-state index is 13.4. The number of methoxy groups -OCH3 is 1. The van der Waals surface area contributed by atoms with Gasteiger partial charge in [0.1, 0.15) is 11.9 Å². The molecule has 3 heteroatoms. The monoisotopic (exact) mass is 197 g/mol. The molecule has 1 aromatic rings. The molecule has 0 saturated heterocycles. The lowest BCUT2D eigenvalue weighted by Gasteiger charge is -2.10. The van der Waals surface area contributed by atoms with Crippen molar-refractivity contribution in [3.8, 4) is 5.75 Å². The molecule has 2 N–H and O–H groups in total. The van der Waals surface area contributed by atoms with Gasteiger partial charge in [0, 0.05) is 0 Å². The van der Waals surface area contributed by atoms with Crippen molar-refractivity contribution in [2.45, 2.75) is 19.5 Å². The standard InChI is InChI=1S/C11H16FNO/c1-8-7-9(10(12)5-6-13)3-4-11(8)14-2/h3-4,7,10H,5-6,13H2,1-2H3. The van der Waals surface area contributed by atoms with E-state index in [0.29, 0.717) is 18.5 Å². The lowest BCUT2D eigenvalue weighted by Crippen LogP contribution is -2.04. The Labute approximate surface area is 83.9 Å². The van der Waals surface area contributed by atoms with Gasteiger partial charge in [0.15, 0.2) is 0 Å². The molecule has 0 radical (unpaired) electrons. The van der Waals surface area contributed by atoms with Gasteiger partial charge in [-0.1, -0.05) is 6.07 Å². The van der Waals surface area contributed by atoms with Gasteiger partial charge in [-0.3, -0.25) is 0 Å². The average Bonchev–Trinajstić information content (AvgIpc) is 2.18. The molecular weight excluding hydrogens is 181 g/mol. The predicted molar refractivity (Wildman–Crippen MR) is 55.3 cm³/mol. The minimum Gasteiger partial charge on any atom is -0.496 e. The molecule has 1 atom stereocenters. The van der Waals surface area contributed by atoms with Crippen molar-refractivity contribution in [3.63, 3.8) is 0 Å². The zero-order chi connectivity index (χ0) is 10.6. The average molecular weight is 197 g/mol. The lowest BCUT2D eigenvalue weighted by molar-refractivity contribution is 0.327. The Hall–Kier alpha value is -1.09. The largest absolute Gasteiger partial charge is 0.496 e. The summed E-state index contributed by atoms with van der Waals surface area (Å²) < 4.78 is 18.5. The molecule has 2 nitrogen and oxygen atoms in total. The van der Waals surface area contributed by atoms with Crippen molar-refractivity contribution in [2.24, 2.45) is 5.73 Å². The summed E-state index contributed by atoms with van der Waals surface area (Å²) in [6.07, 6.45) is -0.601. The second-order valence-corrected chi connectivity index (χ2v) is 3.27. The highest BCUT2D eigenvalue weighted by Gasteiger charge is 2.09. The van der Waals surface area contributed by atoms with E-state index in [9.17, 15) is 4.39 Å². The number of ether oxygens (including phenoxy) is 1. The molecule has 0 aromatic heterocycles. The first-order chi connectivity index (χ1) is 6.69. The SMILES string of the molecule is COc1ccc(C(F)CCN)cc1C. The second-order valence-electron chi connectivity index (χ2n) is 3.27. The molecular formula is C11H16FNO. The molecule has 0 saturated carbocycles. The Balaban J connectivity index is 2.85. The number of benzene rings is 1. The van der Waals surface area contributed by atoms with Crippen LogP contribution in [-0.4, -0.2) is 13.7 Å². The van der Waals surface area contributed by atoms with E-state index in [1.807, 2.05) is 6.92 Å². The Morgan fingerprint density at radius 1 is 1.50 bits per heavy atom. The molecule has 0 heterocycles. The highest BCUT2D eigenvalue weighted by molar-refractivity contribution is 5.36. The predicted octanol–water partition coefficient (Wildman–Crippen LogP) is 2.36. The smallest absolute Gasteiger partial charge is 0.126 e. The van der Waals surface area contributed by atoms with Crippen LogP contribution in [0.5, 0.6) is 5.75 Å². The van der Waals surface area contributed by atoms with Crippen molar-refractivity contribution < 1.29 is 9.13 Å². The summed E-state index contributed by atoms with van der Waals surface area (Å²) >= 11 is 0. The van der Waals surface area contributed by atoms with Gasteiger partial charge in [0.05, 0.1) is 7.11 Å². The van der Waals surface area contributed by atoms with Crippen molar-refractivity contribution in [2.75, 3.05) is 13.7 Å². The number of hydrogen-bond donors (Lipinski definition) is 1. The molecule has 0 amide bonds. The fourth-order valence-electron chi connectivity index (χ4n) is 1.41. The number of hydrogen-bond acceptors (Lipinski definition) is 2. The summed E-state index contributed by atoms with van der Waals surface area (Å²) in [6.45, 7) is 2.27. The second kappa shape index (κ2) is 4.96. The molecule has 78 valence electrons. The van der Waals surface area contributed by atoms with Gasteiger partial charge >= 0.3 is 0 Å². The maximum Gasteiger partial charge on any atom is 0.126 e. The van der Waals surface area contributed by atoms with Crippen LogP contribution in [0, 0.1) is 6.92 Å². The van der Waals surface area contributed by atoms with E-state index < -0.39 is 6.17 Å². The van der Waals surface area contributed by atoms with Gasteiger partial charge < -0.3 is 10.5 Å². The minimum atomic E-state index is -0.968. The zero-order valence-electron chi connectivity index (χ0n) is 8.59. The van der Waals surface area contributed by atoms with Crippen LogP contribution in [0.3, 0.4) is 0 Å². The third-order valence-electron chi connectivity index (χ3n) is 2.20. The first-order valence-corrected chi connectivity index (χ1v) is 4.67. The molecule has 1 rings (SSSR count). The number of aryl methyl sites for hydroxylation is 1. The van der Waals surface area contributed by atoms with Gasteiger partial charge in [-0.2, -0.15) is 0 Å². The lowest BCUT2D eigenvalue weighted by atomic mass is 10.0. The number of alkyl halides is 1. The maximum absolute atomic E-state index is 13.4. The summed E-state index contributed by atoms with van der Waals surface area (Å²) in [7, 11) is 1.61. The van der Waals surface area contributed by atoms with Crippen molar-refractivity contribution >= 4 is 0 Å². The van der Waals surface area contributed by atoms with Crippen molar-refractivity contribution in [3.05, 3.63) is 29.3 Å². The molecule has 0 aliphatic carbocycles. The van der Waals surface area contributed by atoms with E-state index in [-0.39, 0.29) is 0 Å². The molecule has 1 unspecified atom stereocenters. The summed E-state index contributed by atoms with van der Waals surface area (Å²) in [5.41, 5.74) is 6.92. The van der Waals surface area contributed by atoms with E-state index >= 15 is 0 Å². The van der Waals surface area contributed by atoms with Crippen molar-refractivity contribution in [1.29, 1.82) is 0 Å². The minimum absolute atomic E-state index is 0.367. The molecule has 1 aromatic carbocycles. The summed E-state index contributed by atoms with van der Waals surface area (Å²) in [4.78, 5) is 0. The number of nitrogens with two attached hydrogens (primary N) is 1. The first-order valence-electron chi connectivity index (χ1n) is 4.67. The van der Waals surface area contributed by atoms with E-state index in [4.69, 9.17) is 10.5 Å². The van der Waals surface area contributed by atoms with Crippen LogP contribution in [0.1, 0.15) is 23.7 Å². The fraction of sp³-hybridized carbons (Fsp3) is 0.455. The summed E-state index contributed by atoms with van der Waals surface area (Å²) in [5.74, 6) is 0.786. The highest BCUT2D eigenvalue weighted by atomic mass is 19.1. The first kappa shape index (κ1) is 11.0. The van der Waals surface area contributed by atoms with Crippen LogP contribution >= 0.6 is 0 Å². The Morgan fingerprint density at radius 2 is 2.21 bits per heavy atom. The number of halogens is 1. The van der Waals surface area contributed by atoms with E-state index in [1.165, 1.54) is 0 Å². The van der Waals surface area contributed by atoms with Crippen LogP contribution in [0.2, 0.25) is 0 Å². The Bertz CT molecular complexity index is 301. The molecule has 14 heavy (non-hydrogen) atoms. The highest BCUT2D eigenvalue weighted by Crippen LogP contribution is 2.26. The Morgan fingerprint density at radius 3 is 2.71 bits per heavy atom. The van der Waals surface area contributed by atoms with Gasteiger partial charge in [0.2, 0.25) is 0 Å². The van der Waals surface area contributed by atoms with Crippen LogP contribution < -0.4 is 10.5 Å². The molecule has 0 aliphatic heterocycles. The van der Waals surface area contributed by atoms with Crippen LogP contribution in [-0.2, 0) is 0 Å². The van der Waals surface area contributed by atoms with E-state index in [0.717, 1.165) is 11.3 Å². The third-order valence-corrected chi connectivity index (χ3v) is 2.20. The third kappa shape index (κ3) is 2.45. The molecule has 0 bridgehead atoms. The molecule has 0 aliphatic rings. The zero-order valence-corrected chi connectivity index (χ0v) is 8.59. The van der Waals surface area contributed by atoms with E-state index in [1.54, 1.807) is 25.3 Å². The molecule has 0 fully saturated rings. The summed E-state index contributed by atoms with van der Waals surface area (Å²) in [5, 5.41) is 0. The van der Waals surface area contributed by atoms with Gasteiger partial charge in [-0.05, 0) is 43.1 Å². The quantitative estimate of drug-likeness (QED) is 0.804. The van der Waals surface area contributed by atoms with E-state index in [2.05, 4.69) is 0 Å². The Kier molecular flexibility index (Phi) is 3.89. The topological polar surface area (TPSA) is 35.2 Å².